The van der Waals surface area contributed by atoms with E-state index in [0.717, 1.165) is 9.87 Å². The Morgan fingerprint density at radius 1 is 1.09 bits per heavy atom. The summed E-state index contributed by atoms with van der Waals surface area (Å²) in [4.78, 5) is 25.0. The zero-order valence-electron chi connectivity index (χ0n) is 18.2. The summed E-state index contributed by atoms with van der Waals surface area (Å²) in [6.45, 7) is 1.52. The molecule has 9 nitrogen and oxygen atoms in total. The van der Waals surface area contributed by atoms with E-state index in [-0.39, 0.29) is 11.4 Å². The van der Waals surface area contributed by atoms with Crippen molar-refractivity contribution in [1.82, 2.24) is 4.31 Å². The Morgan fingerprint density at radius 3 is 2.47 bits per heavy atom. The molecule has 3 rings (SSSR count). The molecule has 1 heterocycles. The molecule has 1 atom stereocenters. The molecule has 1 N–H and O–H groups in total. The Morgan fingerprint density at radius 2 is 1.81 bits per heavy atom. The van der Waals surface area contributed by atoms with Gasteiger partial charge in [-0.15, -0.1) is 0 Å². The maximum absolute atomic E-state index is 13.0. The lowest BCUT2D eigenvalue weighted by atomic mass is 10.2. The van der Waals surface area contributed by atoms with E-state index in [2.05, 4.69) is 5.32 Å². The molecule has 0 aliphatic carbocycles. The van der Waals surface area contributed by atoms with Gasteiger partial charge >= 0.3 is 5.97 Å². The molecule has 32 heavy (non-hydrogen) atoms. The molecule has 0 saturated carbocycles. The van der Waals surface area contributed by atoms with Crippen LogP contribution in [0.4, 0.5) is 5.69 Å². The minimum Gasteiger partial charge on any atom is -0.497 e. The predicted molar refractivity (Wildman–Crippen MR) is 117 cm³/mol. The van der Waals surface area contributed by atoms with Gasteiger partial charge in [0.15, 0.2) is 6.61 Å². The fourth-order valence-corrected chi connectivity index (χ4v) is 5.08. The van der Waals surface area contributed by atoms with Crippen molar-refractivity contribution in [3.05, 3.63) is 48.0 Å². The predicted octanol–water partition coefficient (Wildman–Crippen LogP) is 2.35. The number of esters is 1. The molecule has 0 spiro atoms. The van der Waals surface area contributed by atoms with Gasteiger partial charge in [0.25, 0.3) is 5.91 Å². The van der Waals surface area contributed by atoms with Crippen LogP contribution >= 0.6 is 0 Å². The Kier molecular flexibility index (Phi) is 7.37. The Balaban J connectivity index is 1.63. The van der Waals surface area contributed by atoms with Crippen molar-refractivity contribution >= 4 is 27.6 Å². The van der Waals surface area contributed by atoms with Crippen molar-refractivity contribution in [2.45, 2.75) is 30.7 Å². The van der Waals surface area contributed by atoms with Gasteiger partial charge in [0.05, 0.1) is 24.8 Å². The van der Waals surface area contributed by atoms with Gasteiger partial charge in [-0.1, -0.05) is 17.7 Å². The van der Waals surface area contributed by atoms with Crippen LogP contribution in [0.25, 0.3) is 0 Å². The average molecular weight is 463 g/mol. The largest absolute Gasteiger partial charge is 0.497 e. The van der Waals surface area contributed by atoms with Gasteiger partial charge in [-0.05, 0) is 44.0 Å². The Labute approximate surface area is 187 Å². The molecule has 1 fully saturated rings. The molecule has 0 bridgehead atoms. The summed E-state index contributed by atoms with van der Waals surface area (Å²) in [6, 6.07) is 10.3. The monoisotopic (exact) mass is 462 g/mol. The first-order valence-electron chi connectivity index (χ1n) is 10.0. The lowest BCUT2D eigenvalue weighted by Crippen LogP contribution is -2.42. The number of ether oxygens (including phenoxy) is 3. The van der Waals surface area contributed by atoms with E-state index in [1.54, 1.807) is 30.3 Å². The third-order valence-electron chi connectivity index (χ3n) is 5.13. The number of amides is 1. The number of nitrogens with zero attached hydrogens (tertiary/aromatic N) is 1. The number of anilines is 1. The molecule has 10 heteroatoms. The minimum atomic E-state index is -3.85. The maximum atomic E-state index is 13.0. The summed E-state index contributed by atoms with van der Waals surface area (Å²) in [6.07, 6.45) is 0.859. The fraction of sp³-hybridized carbons (Fsp3) is 0.364. The molecule has 1 aliphatic heterocycles. The standard InChI is InChI=1S/C22H26N2O7S/c1-15-6-9-17(10-7-15)32(27,28)24-12-4-5-19(24)22(26)31-14-21(25)23-18-11-8-16(29-2)13-20(18)30-3/h6-11,13,19H,4-5,12,14H2,1-3H3,(H,23,25). The van der Waals surface area contributed by atoms with Crippen molar-refractivity contribution in [2.75, 3.05) is 32.7 Å². The highest BCUT2D eigenvalue weighted by molar-refractivity contribution is 7.89. The summed E-state index contributed by atoms with van der Waals surface area (Å²) >= 11 is 0. The summed E-state index contributed by atoms with van der Waals surface area (Å²) in [5.74, 6) is -0.389. The smallest absolute Gasteiger partial charge is 0.324 e. The number of hydrogen-bond acceptors (Lipinski definition) is 7. The lowest BCUT2D eigenvalue weighted by Gasteiger charge is -2.22. The minimum absolute atomic E-state index is 0.118. The SMILES string of the molecule is COc1ccc(NC(=O)COC(=O)C2CCCN2S(=O)(=O)c2ccc(C)cc2)c(OC)c1. The average Bonchev–Trinajstić information content (AvgIpc) is 3.29. The molecule has 0 radical (unpaired) electrons. The van der Waals surface area contributed by atoms with Gasteiger partial charge in [-0.25, -0.2) is 8.42 Å². The number of nitrogens with one attached hydrogen (secondary N) is 1. The van der Waals surface area contributed by atoms with E-state index in [1.165, 1.54) is 26.4 Å². The van der Waals surface area contributed by atoms with Gasteiger partial charge in [-0.2, -0.15) is 4.31 Å². The van der Waals surface area contributed by atoms with Gasteiger partial charge in [-0.3, -0.25) is 9.59 Å². The van der Waals surface area contributed by atoms with Crippen molar-refractivity contribution in [3.8, 4) is 11.5 Å². The lowest BCUT2D eigenvalue weighted by molar-refractivity contribution is -0.150. The molecule has 2 aromatic rings. The first-order chi connectivity index (χ1) is 15.3. The zero-order chi connectivity index (χ0) is 23.3. The van der Waals surface area contributed by atoms with Crippen LogP contribution in [0.1, 0.15) is 18.4 Å². The highest BCUT2D eigenvalue weighted by Crippen LogP contribution is 2.29. The first kappa shape index (κ1) is 23.6. The van der Waals surface area contributed by atoms with Crippen LogP contribution in [0.3, 0.4) is 0 Å². The van der Waals surface area contributed by atoms with E-state index in [9.17, 15) is 18.0 Å². The van der Waals surface area contributed by atoms with Crippen LogP contribution in [0.2, 0.25) is 0 Å². The Hall–Kier alpha value is -3.11. The van der Waals surface area contributed by atoms with Gasteiger partial charge in [0, 0.05) is 12.6 Å². The summed E-state index contributed by atoms with van der Waals surface area (Å²) in [5.41, 5.74) is 1.32. The van der Waals surface area contributed by atoms with Crippen LogP contribution in [0.5, 0.6) is 11.5 Å². The summed E-state index contributed by atoms with van der Waals surface area (Å²) in [5, 5.41) is 2.60. The molecule has 172 valence electrons. The second-order valence-corrected chi connectivity index (χ2v) is 9.20. The van der Waals surface area contributed by atoms with Crippen molar-refractivity contribution in [3.63, 3.8) is 0 Å². The zero-order valence-corrected chi connectivity index (χ0v) is 19.0. The van der Waals surface area contributed by atoms with E-state index in [1.807, 2.05) is 6.92 Å². The van der Waals surface area contributed by atoms with Crippen molar-refractivity contribution < 1.29 is 32.2 Å². The van der Waals surface area contributed by atoms with E-state index >= 15 is 0 Å². The molecular weight excluding hydrogens is 436 g/mol. The second kappa shape index (κ2) is 10.0. The van der Waals surface area contributed by atoms with Gasteiger partial charge < -0.3 is 19.5 Å². The molecular formula is C22H26N2O7S. The van der Waals surface area contributed by atoms with Crippen LogP contribution in [0.15, 0.2) is 47.4 Å². The Bertz CT molecular complexity index is 1080. The molecule has 2 aromatic carbocycles. The van der Waals surface area contributed by atoms with E-state index < -0.39 is 34.5 Å². The topological polar surface area (TPSA) is 111 Å². The molecule has 1 aliphatic rings. The second-order valence-electron chi connectivity index (χ2n) is 7.31. The number of carbonyl (C=O) groups excluding carboxylic acids is 2. The number of rotatable bonds is 8. The van der Waals surface area contributed by atoms with Crippen LogP contribution in [-0.4, -0.2) is 58.0 Å². The van der Waals surface area contributed by atoms with Gasteiger partial charge in [0.2, 0.25) is 10.0 Å². The number of aryl methyl sites for hydroxylation is 1. The number of methoxy groups -OCH3 is 2. The highest BCUT2D eigenvalue weighted by Gasteiger charge is 2.40. The van der Waals surface area contributed by atoms with Crippen LogP contribution in [-0.2, 0) is 24.3 Å². The number of sulfonamides is 1. The quantitative estimate of drug-likeness (QED) is 0.600. The maximum Gasteiger partial charge on any atom is 0.324 e. The van der Waals surface area contributed by atoms with Crippen LogP contribution in [0, 0.1) is 6.92 Å². The van der Waals surface area contributed by atoms with E-state index in [0.29, 0.717) is 30.0 Å². The van der Waals surface area contributed by atoms with E-state index in [4.69, 9.17) is 14.2 Å². The molecule has 0 aromatic heterocycles. The molecule has 1 amide bonds. The third kappa shape index (κ3) is 5.20. The van der Waals surface area contributed by atoms with Crippen molar-refractivity contribution in [1.29, 1.82) is 0 Å². The number of carbonyl (C=O) groups is 2. The van der Waals surface area contributed by atoms with Crippen molar-refractivity contribution in [2.24, 2.45) is 0 Å². The van der Waals surface area contributed by atoms with Crippen LogP contribution < -0.4 is 14.8 Å². The normalized spacial score (nSPS) is 16.4. The summed E-state index contributed by atoms with van der Waals surface area (Å²) < 4.78 is 42.6. The summed E-state index contributed by atoms with van der Waals surface area (Å²) in [7, 11) is -0.885. The highest BCUT2D eigenvalue weighted by atomic mass is 32.2. The number of hydrogen-bond donors (Lipinski definition) is 1. The third-order valence-corrected chi connectivity index (χ3v) is 7.05. The van der Waals surface area contributed by atoms with Gasteiger partial charge in [0.1, 0.15) is 17.5 Å². The molecule has 1 saturated heterocycles. The fourth-order valence-electron chi connectivity index (χ4n) is 3.43. The molecule has 1 unspecified atom stereocenters. The number of benzene rings is 2. The first-order valence-corrected chi connectivity index (χ1v) is 11.5.